The molecule has 3 rings (SSSR count). The predicted octanol–water partition coefficient (Wildman–Crippen LogP) is 1.82. The van der Waals surface area contributed by atoms with E-state index in [1.165, 1.54) is 12.1 Å². The van der Waals surface area contributed by atoms with Gasteiger partial charge in [0.15, 0.2) is 11.6 Å². The van der Waals surface area contributed by atoms with E-state index in [9.17, 15) is 13.6 Å². The standard InChI is InChI=1S/C14H14ClF2N3O2/c1-22-10-5-18-4-9(10)20-14(21)8-3-6-2-7(15)11(16)12(17)13(6)19-8/h2-3,9-10,18-19H,4-5H2,1H3,(H,20,21)/t9-,10-/m0/s1. The monoisotopic (exact) mass is 329 g/mol. The maximum Gasteiger partial charge on any atom is 0.268 e. The molecule has 1 saturated heterocycles. The van der Waals surface area contributed by atoms with Gasteiger partial charge in [-0.2, -0.15) is 0 Å². The van der Waals surface area contributed by atoms with Crippen LogP contribution in [0.5, 0.6) is 0 Å². The first kappa shape index (κ1) is 15.2. The van der Waals surface area contributed by atoms with Crippen molar-refractivity contribution in [2.24, 2.45) is 0 Å². The average molecular weight is 330 g/mol. The number of aromatic amines is 1. The van der Waals surface area contributed by atoms with Crippen LogP contribution in [0.1, 0.15) is 10.5 Å². The molecule has 8 heteroatoms. The first-order valence-corrected chi connectivity index (χ1v) is 7.09. The summed E-state index contributed by atoms with van der Waals surface area (Å²) in [6.07, 6.45) is -0.128. The van der Waals surface area contributed by atoms with Crippen molar-refractivity contribution in [3.05, 3.63) is 34.5 Å². The second-order valence-electron chi connectivity index (χ2n) is 5.15. The number of fused-ring (bicyclic) bond motifs is 1. The van der Waals surface area contributed by atoms with Crippen molar-refractivity contribution < 1.29 is 18.3 Å². The Balaban J connectivity index is 1.87. The van der Waals surface area contributed by atoms with Gasteiger partial charge in [-0.15, -0.1) is 0 Å². The molecular weight excluding hydrogens is 316 g/mol. The van der Waals surface area contributed by atoms with Crippen LogP contribution in [0.2, 0.25) is 5.02 Å². The van der Waals surface area contributed by atoms with E-state index in [0.717, 1.165) is 0 Å². The van der Waals surface area contributed by atoms with E-state index in [2.05, 4.69) is 15.6 Å². The summed E-state index contributed by atoms with van der Waals surface area (Å²) in [5.74, 6) is -2.65. The number of methoxy groups -OCH3 is 1. The lowest BCUT2D eigenvalue weighted by atomic mass is 10.2. The van der Waals surface area contributed by atoms with Crippen molar-refractivity contribution >= 4 is 28.4 Å². The first-order valence-electron chi connectivity index (χ1n) is 6.72. The van der Waals surface area contributed by atoms with Crippen LogP contribution >= 0.6 is 11.6 Å². The molecule has 0 radical (unpaired) electrons. The summed E-state index contributed by atoms with van der Waals surface area (Å²) in [6.45, 7) is 1.23. The van der Waals surface area contributed by atoms with E-state index in [-0.39, 0.29) is 28.4 Å². The molecule has 1 aliphatic rings. The van der Waals surface area contributed by atoms with Crippen LogP contribution in [0.4, 0.5) is 8.78 Å². The lowest BCUT2D eigenvalue weighted by molar-refractivity contribution is 0.0777. The van der Waals surface area contributed by atoms with Crippen LogP contribution in [0, 0.1) is 11.6 Å². The Morgan fingerprint density at radius 2 is 2.14 bits per heavy atom. The third-order valence-electron chi connectivity index (χ3n) is 3.77. The van der Waals surface area contributed by atoms with Gasteiger partial charge >= 0.3 is 0 Å². The molecule has 0 bridgehead atoms. The van der Waals surface area contributed by atoms with Gasteiger partial charge < -0.3 is 20.4 Å². The van der Waals surface area contributed by atoms with E-state index >= 15 is 0 Å². The number of halogens is 3. The van der Waals surface area contributed by atoms with Gasteiger partial charge in [0, 0.05) is 25.6 Å². The minimum atomic E-state index is -1.14. The minimum absolute atomic E-state index is 0.0834. The van der Waals surface area contributed by atoms with Gasteiger partial charge in [0.1, 0.15) is 5.69 Å². The fraction of sp³-hybridized carbons (Fsp3) is 0.357. The zero-order valence-corrected chi connectivity index (χ0v) is 12.4. The molecule has 3 N–H and O–H groups in total. The minimum Gasteiger partial charge on any atom is -0.378 e. The Labute approximate surface area is 130 Å². The first-order chi connectivity index (χ1) is 10.5. The van der Waals surface area contributed by atoms with Crippen molar-refractivity contribution in [1.29, 1.82) is 0 Å². The molecule has 5 nitrogen and oxygen atoms in total. The van der Waals surface area contributed by atoms with Gasteiger partial charge in [0.05, 0.1) is 22.7 Å². The molecule has 118 valence electrons. The Morgan fingerprint density at radius 3 is 2.86 bits per heavy atom. The van der Waals surface area contributed by atoms with Crippen molar-refractivity contribution in [2.45, 2.75) is 12.1 Å². The highest BCUT2D eigenvalue weighted by molar-refractivity contribution is 6.31. The normalized spacial score (nSPS) is 21.5. The Kier molecular flexibility index (Phi) is 4.03. The summed E-state index contributed by atoms with van der Waals surface area (Å²) in [4.78, 5) is 14.8. The third-order valence-corrected chi connectivity index (χ3v) is 4.05. The molecular formula is C14H14ClF2N3O2. The summed E-state index contributed by atoms with van der Waals surface area (Å²) in [5, 5.41) is 5.91. The molecule has 1 fully saturated rings. The topological polar surface area (TPSA) is 66.2 Å². The van der Waals surface area contributed by atoms with Crippen LogP contribution in [-0.2, 0) is 4.74 Å². The van der Waals surface area contributed by atoms with Crippen molar-refractivity contribution in [3.8, 4) is 0 Å². The molecule has 1 aliphatic heterocycles. The lowest BCUT2D eigenvalue weighted by Crippen LogP contribution is -2.43. The maximum atomic E-state index is 13.8. The van der Waals surface area contributed by atoms with Crippen molar-refractivity contribution in [3.63, 3.8) is 0 Å². The third kappa shape index (κ3) is 2.55. The fourth-order valence-electron chi connectivity index (χ4n) is 2.60. The molecule has 2 atom stereocenters. The Bertz CT molecular complexity index is 734. The van der Waals surface area contributed by atoms with E-state index < -0.39 is 17.5 Å². The number of hydrogen-bond acceptors (Lipinski definition) is 3. The van der Waals surface area contributed by atoms with Crippen molar-refractivity contribution in [2.75, 3.05) is 20.2 Å². The molecule has 1 aromatic carbocycles. The van der Waals surface area contributed by atoms with Crippen molar-refractivity contribution in [1.82, 2.24) is 15.6 Å². The highest BCUT2D eigenvalue weighted by Gasteiger charge is 2.29. The van der Waals surface area contributed by atoms with E-state index in [1.807, 2.05) is 0 Å². The van der Waals surface area contributed by atoms with Crippen LogP contribution in [0.15, 0.2) is 12.1 Å². The molecule has 1 aromatic heterocycles. The van der Waals surface area contributed by atoms with E-state index in [1.54, 1.807) is 7.11 Å². The zero-order chi connectivity index (χ0) is 15.9. The smallest absolute Gasteiger partial charge is 0.268 e. The van der Waals surface area contributed by atoms with E-state index in [4.69, 9.17) is 16.3 Å². The highest BCUT2D eigenvalue weighted by atomic mass is 35.5. The quantitative estimate of drug-likeness (QED) is 0.753. The number of aromatic nitrogens is 1. The number of hydrogen-bond donors (Lipinski definition) is 3. The zero-order valence-electron chi connectivity index (χ0n) is 11.7. The molecule has 1 amide bonds. The molecule has 0 unspecified atom stereocenters. The number of nitrogens with one attached hydrogen (secondary N) is 3. The fourth-order valence-corrected chi connectivity index (χ4v) is 2.80. The Hall–Kier alpha value is -1.70. The van der Waals surface area contributed by atoms with Crippen LogP contribution in [0.25, 0.3) is 10.9 Å². The number of amides is 1. The molecule has 2 aromatic rings. The summed E-state index contributed by atoms with van der Waals surface area (Å²) >= 11 is 5.60. The summed E-state index contributed by atoms with van der Waals surface area (Å²) < 4.78 is 32.5. The summed E-state index contributed by atoms with van der Waals surface area (Å²) in [5.41, 5.74) is 0.0530. The van der Waals surface area contributed by atoms with Gasteiger partial charge in [0.2, 0.25) is 0 Å². The number of rotatable bonds is 3. The Morgan fingerprint density at radius 1 is 1.36 bits per heavy atom. The molecule has 0 aliphatic carbocycles. The number of carbonyl (C=O) groups is 1. The van der Waals surface area contributed by atoms with Gasteiger partial charge in [-0.05, 0) is 12.1 Å². The number of benzene rings is 1. The van der Waals surface area contributed by atoms with Crippen LogP contribution < -0.4 is 10.6 Å². The number of carbonyl (C=O) groups excluding carboxylic acids is 1. The lowest BCUT2D eigenvalue weighted by Gasteiger charge is -2.17. The SMILES string of the molecule is CO[C@H]1CNC[C@@H]1NC(=O)c1cc2cc(Cl)c(F)c(F)c2[nH]1. The predicted molar refractivity (Wildman–Crippen MR) is 78.1 cm³/mol. The maximum absolute atomic E-state index is 13.8. The van der Waals surface area contributed by atoms with E-state index in [0.29, 0.717) is 18.5 Å². The highest BCUT2D eigenvalue weighted by Crippen LogP contribution is 2.27. The van der Waals surface area contributed by atoms with Gasteiger partial charge in [0.25, 0.3) is 5.91 Å². The molecule has 2 heterocycles. The average Bonchev–Trinajstić information content (AvgIpc) is 3.11. The molecule has 0 spiro atoms. The number of H-pyrrole nitrogens is 1. The second kappa shape index (κ2) is 5.83. The summed E-state index contributed by atoms with van der Waals surface area (Å²) in [7, 11) is 1.57. The van der Waals surface area contributed by atoms with Gasteiger partial charge in [-0.25, -0.2) is 8.78 Å². The van der Waals surface area contributed by atoms with Gasteiger partial charge in [-0.1, -0.05) is 11.6 Å². The number of ether oxygens (including phenoxy) is 1. The second-order valence-corrected chi connectivity index (χ2v) is 5.55. The summed E-state index contributed by atoms with van der Waals surface area (Å²) in [6, 6.07) is 2.52. The molecule has 22 heavy (non-hydrogen) atoms. The van der Waals surface area contributed by atoms with Crippen LogP contribution in [0.3, 0.4) is 0 Å². The largest absolute Gasteiger partial charge is 0.378 e. The van der Waals surface area contributed by atoms with Gasteiger partial charge in [-0.3, -0.25) is 4.79 Å². The van der Waals surface area contributed by atoms with Crippen LogP contribution in [-0.4, -0.2) is 43.2 Å². The molecule has 0 saturated carbocycles.